The van der Waals surface area contributed by atoms with Crippen molar-refractivity contribution in [3.05, 3.63) is 0 Å². The van der Waals surface area contributed by atoms with Crippen LogP contribution in [-0.4, -0.2) is 116 Å². The molecule has 9 nitrogen and oxygen atoms in total. The van der Waals surface area contributed by atoms with Gasteiger partial charge in [-0.05, 0) is 7.05 Å². The smallest absolute Gasteiger partial charge is 0.409 e. The van der Waals surface area contributed by atoms with Gasteiger partial charge in [-0.15, -0.1) is 0 Å². The van der Waals surface area contributed by atoms with E-state index in [-0.39, 0.29) is 12.7 Å². The molecule has 0 heterocycles. The van der Waals surface area contributed by atoms with E-state index in [1.165, 1.54) is 0 Å². The van der Waals surface area contributed by atoms with E-state index in [0.717, 1.165) is 13.1 Å². The first-order valence-electron chi connectivity index (χ1n) is 8.60. The topological polar surface area (TPSA) is 95.7 Å². The summed E-state index contributed by atoms with van der Waals surface area (Å²) >= 11 is 0. The van der Waals surface area contributed by atoms with Gasteiger partial charge in [0, 0.05) is 40.3 Å². The van der Waals surface area contributed by atoms with E-state index < -0.39 is 0 Å². The van der Waals surface area contributed by atoms with Crippen molar-refractivity contribution >= 4 is 6.09 Å². The van der Waals surface area contributed by atoms with Gasteiger partial charge in [-0.1, -0.05) is 0 Å². The molecule has 0 atom stereocenters. The average molecular weight is 365 g/mol. The maximum absolute atomic E-state index is 11.8. The summed E-state index contributed by atoms with van der Waals surface area (Å²) in [5.74, 6) is 0. The van der Waals surface area contributed by atoms with Crippen molar-refractivity contribution in [1.82, 2.24) is 9.80 Å². The number of carbonyl (C=O) groups excluding carboxylic acids is 1. The Morgan fingerprint density at radius 2 is 1.36 bits per heavy atom. The fourth-order valence-corrected chi connectivity index (χ4v) is 1.69. The molecular weight excluding hydrogens is 330 g/mol. The maximum atomic E-state index is 11.8. The zero-order valence-corrected chi connectivity index (χ0v) is 15.9. The summed E-state index contributed by atoms with van der Waals surface area (Å²) in [6.45, 7) is 6.47. The largest absolute Gasteiger partial charge is 0.447 e. The van der Waals surface area contributed by atoms with Gasteiger partial charge in [0.1, 0.15) is 6.61 Å². The van der Waals surface area contributed by atoms with Gasteiger partial charge in [-0.25, -0.2) is 4.79 Å². The number of hydrogen-bond donors (Lipinski definition) is 1. The summed E-state index contributed by atoms with van der Waals surface area (Å²) in [7, 11) is 5.37. The Balaban J connectivity index is 3.42. The molecule has 0 bridgehead atoms. The molecule has 0 fully saturated rings. The van der Waals surface area contributed by atoms with Gasteiger partial charge < -0.3 is 39.2 Å². The van der Waals surface area contributed by atoms with Crippen LogP contribution in [0.4, 0.5) is 4.79 Å². The Bertz CT molecular complexity index is 310. The Hall–Kier alpha value is -0.970. The average Bonchev–Trinajstić information content (AvgIpc) is 2.62. The summed E-state index contributed by atoms with van der Waals surface area (Å²) in [6.07, 6.45) is -0.350. The van der Waals surface area contributed by atoms with E-state index in [1.54, 1.807) is 19.1 Å². The van der Waals surface area contributed by atoms with Gasteiger partial charge in [0.25, 0.3) is 0 Å². The highest BCUT2D eigenvalue weighted by atomic mass is 16.6. The lowest BCUT2D eigenvalue weighted by atomic mass is 10.5. The molecule has 0 radical (unpaired) electrons. The second-order valence-corrected chi connectivity index (χ2v) is 5.46. The lowest BCUT2D eigenvalue weighted by Gasteiger charge is -2.21. The lowest BCUT2D eigenvalue weighted by molar-refractivity contribution is 0.00445. The number of amides is 1. The summed E-state index contributed by atoms with van der Waals surface area (Å²) in [6, 6.07) is 0. The van der Waals surface area contributed by atoms with Crippen molar-refractivity contribution in [2.75, 3.05) is 100 Å². The summed E-state index contributed by atoms with van der Waals surface area (Å²) in [4.78, 5) is 15.4. The number of likely N-dealkylation sites (N-methyl/N-ethyl adjacent to an activating group) is 2. The number of ether oxygens (including phenoxy) is 5. The minimum absolute atomic E-state index is 0.225. The molecule has 0 aliphatic heterocycles. The molecule has 25 heavy (non-hydrogen) atoms. The zero-order chi connectivity index (χ0) is 18.8. The minimum Gasteiger partial charge on any atom is -0.447 e. The first-order chi connectivity index (χ1) is 12.1. The van der Waals surface area contributed by atoms with Gasteiger partial charge in [-0.3, -0.25) is 0 Å². The number of nitrogens with two attached hydrogens (primary N) is 1. The molecular formula is C16H35N3O6. The van der Waals surface area contributed by atoms with Crippen LogP contribution in [0.15, 0.2) is 0 Å². The van der Waals surface area contributed by atoms with Gasteiger partial charge in [-0.2, -0.15) is 0 Å². The maximum Gasteiger partial charge on any atom is 0.409 e. The van der Waals surface area contributed by atoms with Crippen LogP contribution in [0.25, 0.3) is 0 Å². The molecule has 0 saturated carbocycles. The van der Waals surface area contributed by atoms with Crippen molar-refractivity contribution in [1.29, 1.82) is 0 Å². The lowest BCUT2D eigenvalue weighted by Crippen LogP contribution is -2.36. The summed E-state index contributed by atoms with van der Waals surface area (Å²) < 4.78 is 26.0. The number of hydrogen-bond acceptors (Lipinski definition) is 8. The van der Waals surface area contributed by atoms with Gasteiger partial charge in [0.05, 0.1) is 46.2 Å². The Morgan fingerprint density at radius 3 is 1.92 bits per heavy atom. The highest BCUT2D eigenvalue weighted by molar-refractivity contribution is 5.67. The minimum atomic E-state index is -0.350. The van der Waals surface area contributed by atoms with Crippen molar-refractivity contribution < 1.29 is 28.5 Å². The quantitative estimate of drug-likeness (QED) is 0.349. The molecule has 1 amide bonds. The summed E-state index contributed by atoms with van der Waals surface area (Å²) in [5.41, 5.74) is 5.29. The molecule has 0 spiro atoms. The molecule has 0 aromatic heterocycles. The third kappa shape index (κ3) is 16.3. The predicted octanol–water partition coefficient (Wildman–Crippen LogP) is -0.358. The molecule has 9 heteroatoms. The van der Waals surface area contributed by atoms with Gasteiger partial charge >= 0.3 is 6.09 Å². The standard InChI is InChI=1S/C16H35N3O6/c1-18(7-9-21-3)5-6-19(2)16(20)25-15-14-24-13-12-23-11-10-22-8-4-17/h4-15,17H2,1-3H3. The van der Waals surface area contributed by atoms with Crippen LogP contribution in [0.2, 0.25) is 0 Å². The fraction of sp³-hybridized carbons (Fsp3) is 0.938. The summed E-state index contributed by atoms with van der Waals surface area (Å²) in [5, 5.41) is 0. The third-order valence-electron chi connectivity index (χ3n) is 3.27. The van der Waals surface area contributed by atoms with E-state index >= 15 is 0 Å². The van der Waals surface area contributed by atoms with E-state index in [9.17, 15) is 4.79 Å². The molecule has 2 N–H and O–H groups in total. The number of methoxy groups -OCH3 is 1. The highest BCUT2D eigenvalue weighted by Crippen LogP contribution is 1.93. The highest BCUT2D eigenvalue weighted by Gasteiger charge is 2.10. The molecule has 150 valence electrons. The van der Waals surface area contributed by atoms with Crippen molar-refractivity contribution in [2.45, 2.75) is 0 Å². The van der Waals surface area contributed by atoms with Crippen LogP contribution in [0.5, 0.6) is 0 Å². The number of nitrogens with zero attached hydrogens (tertiary/aromatic N) is 2. The molecule has 0 rings (SSSR count). The normalized spacial score (nSPS) is 11.1. The van der Waals surface area contributed by atoms with Crippen molar-refractivity contribution in [3.63, 3.8) is 0 Å². The first kappa shape index (κ1) is 24.0. The predicted molar refractivity (Wildman–Crippen MR) is 94.9 cm³/mol. The van der Waals surface area contributed by atoms with Crippen LogP contribution in [0.1, 0.15) is 0 Å². The third-order valence-corrected chi connectivity index (χ3v) is 3.27. The Labute approximate surface area is 151 Å². The van der Waals surface area contributed by atoms with Crippen LogP contribution in [0, 0.1) is 0 Å². The van der Waals surface area contributed by atoms with Crippen LogP contribution < -0.4 is 5.73 Å². The van der Waals surface area contributed by atoms with E-state index in [4.69, 9.17) is 29.4 Å². The monoisotopic (exact) mass is 365 g/mol. The second-order valence-electron chi connectivity index (χ2n) is 5.46. The van der Waals surface area contributed by atoms with E-state index in [0.29, 0.717) is 59.3 Å². The Morgan fingerprint density at radius 1 is 0.800 bits per heavy atom. The van der Waals surface area contributed by atoms with E-state index in [1.807, 2.05) is 7.05 Å². The Kier molecular flexibility index (Phi) is 17.1. The fourth-order valence-electron chi connectivity index (χ4n) is 1.69. The van der Waals surface area contributed by atoms with E-state index in [2.05, 4.69) is 4.90 Å². The zero-order valence-electron chi connectivity index (χ0n) is 15.9. The van der Waals surface area contributed by atoms with Crippen LogP contribution in [-0.2, 0) is 23.7 Å². The molecule has 0 aromatic rings. The van der Waals surface area contributed by atoms with Gasteiger partial charge in [0.2, 0.25) is 0 Å². The molecule has 0 unspecified atom stereocenters. The first-order valence-corrected chi connectivity index (χ1v) is 8.60. The van der Waals surface area contributed by atoms with Crippen LogP contribution >= 0.6 is 0 Å². The molecule has 0 saturated heterocycles. The van der Waals surface area contributed by atoms with Crippen LogP contribution in [0.3, 0.4) is 0 Å². The molecule has 0 aromatic carbocycles. The van der Waals surface area contributed by atoms with Gasteiger partial charge in [0.15, 0.2) is 0 Å². The molecule has 0 aliphatic carbocycles. The SMILES string of the molecule is COCCN(C)CCN(C)C(=O)OCCOCCOCCOCCN. The van der Waals surface area contributed by atoms with Crippen molar-refractivity contribution in [2.24, 2.45) is 5.73 Å². The van der Waals surface area contributed by atoms with Crippen molar-refractivity contribution in [3.8, 4) is 0 Å². The number of carbonyl (C=O) groups is 1. The number of rotatable bonds is 17. The second kappa shape index (κ2) is 17.8. The molecule has 0 aliphatic rings.